The Morgan fingerprint density at radius 1 is 0.857 bits per heavy atom. The Bertz CT molecular complexity index is 1070. The van der Waals surface area contributed by atoms with Crippen LogP contribution in [-0.2, 0) is 14.3 Å². The predicted octanol–water partition coefficient (Wildman–Crippen LogP) is 5.09. The van der Waals surface area contributed by atoms with E-state index in [-0.39, 0.29) is 12.5 Å². The molecule has 1 aliphatic rings. The van der Waals surface area contributed by atoms with E-state index in [0.717, 1.165) is 22.3 Å². The zero-order valence-corrected chi connectivity index (χ0v) is 21.4. The summed E-state index contributed by atoms with van der Waals surface area (Å²) >= 11 is 0. The van der Waals surface area contributed by atoms with Gasteiger partial charge in [0.05, 0.1) is 11.0 Å². The van der Waals surface area contributed by atoms with E-state index < -0.39 is 34.5 Å². The van der Waals surface area contributed by atoms with Crippen molar-refractivity contribution in [2.45, 2.75) is 71.4 Å². The van der Waals surface area contributed by atoms with Crippen molar-refractivity contribution in [1.82, 2.24) is 10.6 Å². The van der Waals surface area contributed by atoms with Crippen LogP contribution in [0.15, 0.2) is 48.5 Å². The molecule has 0 saturated heterocycles. The molecule has 0 fully saturated rings. The fourth-order valence-corrected chi connectivity index (χ4v) is 4.46. The van der Waals surface area contributed by atoms with Crippen molar-refractivity contribution in [2.75, 3.05) is 6.61 Å². The van der Waals surface area contributed by atoms with Crippen LogP contribution in [0.5, 0.6) is 0 Å². The molecule has 0 bridgehead atoms. The van der Waals surface area contributed by atoms with Gasteiger partial charge in [0.25, 0.3) is 0 Å². The van der Waals surface area contributed by atoms with E-state index in [2.05, 4.69) is 22.8 Å². The zero-order valence-electron chi connectivity index (χ0n) is 21.4. The number of carbonyl (C=O) groups is 3. The van der Waals surface area contributed by atoms with E-state index in [4.69, 9.17) is 4.74 Å². The number of alkyl carbamates (subject to hydrolysis) is 1. The largest absolute Gasteiger partial charge is 0.481 e. The minimum Gasteiger partial charge on any atom is -0.481 e. The van der Waals surface area contributed by atoms with Crippen LogP contribution in [0, 0.1) is 5.41 Å². The van der Waals surface area contributed by atoms with Crippen LogP contribution in [0.3, 0.4) is 0 Å². The third kappa shape index (κ3) is 4.77. The lowest BCUT2D eigenvalue weighted by atomic mass is 9.74. The molecule has 7 nitrogen and oxygen atoms in total. The smallest absolute Gasteiger partial charge is 0.408 e. The lowest BCUT2D eigenvalue weighted by Gasteiger charge is -2.42. The lowest BCUT2D eigenvalue weighted by Crippen LogP contribution is -2.65. The summed E-state index contributed by atoms with van der Waals surface area (Å²) in [6, 6.07) is 16.2. The minimum atomic E-state index is -1.23. The quantitative estimate of drug-likeness (QED) is 0.464. The van der Waals surface area contributed by atoms with E-state index in [1.807, 2.05) is 50.2 Å². The summed E-state index contributed by atoms with van der Waals surface area (Å²) in [5.41, 5.74) is 0.971. The average molecular weight is 481 g/mol. The second-order valence-corrected chi connectivity index (χ2v) is 10.2. The minimum absolute atomic E-state index is 0.0880. The number of aliphatic carboxylic acids is 1. The highest BCUT2D eigenvalue weighted by Gasteiger charge is 2.48. The predicted molar refractivity (Wildman–Crippen MR) is 135 cm³/mol. The van der Waals surface area contributed by atoms with E-state index in [9.17, 15) is 19.5 Å². The van der Waals surface area contributed by atoms with Crippen molar-refractivity contribution in [1.29, 1.82) is 0 Å². The Kier molecular flexibility index (Phi) is 7.29. The molecule has 35 heavy (non-hydrogen) atoms. The number of hydrogen-bond donors (Lipinski definition) is 3. The number of benzene rings is 2. The van der Waals surface area contributed by atoms with Gasteiger partial charge in [0.2, 0.25) is 5.91 Å². The van der Waals surface area contributed by atoms with Crippen molar-refractivity contribution in [3.8, 4) is 11.1 Å². The summed E-state index contributed by atoms with van der Waals surface area (Å²) in [6.45, 7) is 10.2. The van der Waals surface area contributed by atoms with Crippen LogP contribution >= 0.6 is 0 Å². The molecular weight excluding hydrogens is 444 g/mol. The van der Waals surface area contributed by atoms with Crippen LogP contribution < -0.4 is 10.6 Å². The molecule has 2 aromatic carbocycles. The van der Waals surface area contributed by atoms with E-state index in [1.165, 1.54) is 0 Å². The molecule has 1 aliphatic carbocycles. The summed E-state index contributed by atoms with van der Waals surface area (Å²) in [5.74, 6) is -1.55. The van der Waals surface area contributed by atoms with Crippen LogP contribution in [0.4, 0.5) is 4.79 Å². The SMILES string of the molecule is CCC(CC)(NC(=O)OCC1c2ccccc2-c2ccccc21)C(=O)NC(C)(C)C(C)(C)C(=O)O. The fraction of sp³-hybridized carbons (Fsp3) is 0.464. The van der Waals surface area contributed by atoms with Crippen LogP contribution in [-0.4, -0.2) is 40.8 Å². The van der Waals surface area contributed by atoms with Crippen molar-refractivity contribution in [3.05, 3.63) is 59.7 Å². The molecule has 0 radical (unpaired) electrons. The number of carbonyl (C=O) groups excluding carboxylic acids is 2. The van der Waals surface area contributed by atoms with E-state index in [1.54, 1.807) is 27.7 Å². The van der Waals surface area contributed by atoms with Gasteiger partial charge in [-0.2, -0.15) is 0 Å². The van der Waals surface area contributed by atoms with Gasteiger partial charge in [-0.3, -0.25) is 9.59 Å². The third-order valence-electron chi connectivity index (χ3n) is 7.85. The van der Waals surface area contributed by atoms with Crippen LogP contribution in [0.2, 0.25) is 0 Å². The van der Waals surface area contributed by atoms with Gasteiger partial charge in [0.1, 0.15) is 12.1 Å². The molecule has 0 aliphatic heterocycles. The van der Waals surface area contributed by atoms with Gasteiger partial charge < -0.3 is 20.5 Å². The summed E-state index contributed by atoms with van der Waals surface area (Å²) in [6.07, 6.45) is -0.0346. The number of carboxylic acids is 1. The molecule has 188 valence electrons. The molecule has 0 saturated carbocycles. The maximum absolute atomic E-state index is 13.4. The molecule has 0 heterocycles. The summed E-state index contributed by atoms with van der Waals surface area (Å²) in [7, 11) is 0. The fourth-order valence-electron chi connectivity index (χ4n) is 4.46. The summed E-state index contributed by atoms with van der Waals surface area (Å²) < 4.78 is 5.66. The number of nitrogens with one attached hydrogen (secondary N) is 2. The van der Waals surface area contributed by atoms with Gasteiger partial charge in [-0.25, -0.2) is 4.79 Å². The molecule has 0 spiro atoms. The molecule has 2 amide bonds. The van der Waals surface area contributed by atoms with Gasteiger partial charge in [-0.05, 0) is 62.8 Å². The highest BCUT2D eigenvalue weighted by atomic mass is 16.5. The molecule has 3 N–H and O–H groups in total. The number of fused-ring (bicyclic) bond motifs is 3. The van der Waals surface area contributed by atoms with Gasteiger partial charge in [0, 0.05) is 5.92 Å². The van der Waals surface area contributed by atoms with Crippen LogP contribution in [0.1, 0.15) is 71.4 Å². The molecule has 7 heteroatoms. The standard InChI is InChI=1S/C28H36N2O5/c1-7-28(8-2,23(31)29-27(5,6)26(3,4)24(32)33)30-25(34)35-17-22-20-15-11-9-13-18(20)19-14-10-12-16-21(19)22/h9-16,22H,7-8,17H2,1-6H3,(H,29,31)(H,30,34)(H,32,33). The molecule has 0 unspecified atom stereocenters. The van der Waals surface area contributed by atoms with Crippen LogP contribution in [0.25, 0.3) is 11.1 Å². The first-order chi connectivity index (χ1) is 16.4. The normalized spacial score (nSPS) is 13.5. The van der Waals surface area contributed by atoms with Gasteiger partial charge >= 0.3 is 12.1 Å². The Hall–Kier alpha value is -3.35. The Morgan fingerprint density at radius 2 is 1.34 bits per heavy atom. The second-order valence-electron chi connectivity index (χ2n) is 10.2. The van der Waals surface area contributed by atoms with Gasteiger partial charge in [-0.1, -0.05) is 62.4 Å². The third-order valence-corrected chi connectivity index (χ3v) is 7.85. The maximum Gasteiger partial charge on any atom is 0.408 e. The topological polar surface area (TPSA) is 105 Å². The Morgan fingerprint density at radius 3 is 1.80 bits per heavy atom. The first-order valence-corrected chi connectivity index (χ1v) is 12.1. The number of rotatable bonds is 9. The van der Waals surface area contributed by atoms with Crippen molar-refractivity contribution < 1.29 is 24.2 Å². The highest BCUT2D eigenvalue weighted by molar-refractivity contribution is 5.91. The second kappa shape index (κ2) is 9.72. The van der Waals surface area contributed by atoms with Gasteiger partial charge in [0.15, 0.2) is 0 Å². The Balaban J connectivity index is 1.74. The number of carboxylic acid groups (broad SMARTS) is 1. The molecular formula is C28H36N2O5. The summed E-state index contributed by atoms with van der Waals surface area (Å²) in [5, 5.41) is 15.3. The average Bonchev–Trinajstić information content (AvgIpc) is 3.14. The highest BCUT2D eigenvalue weighted by Crippen LogP contribution is 2.44. The molecule has 3 rings (SSSR count). The maximum atomic E-state index is 13.4. The number of ether oxygens (including phenoxy) is 1. The van der Waals surface area contributed by atoms with Crippen molar-refractivity contribution in [2.24, 2.45) is 5.41 Å². The van der Waals surface area contributed by atoms with E-state index >= 15 is 0 Å². The van der Waals surface area contributed by atoms with E-state index in [0.29, 0.717) is 12.8 Å². The lowest BCUT2D eigenvalue weighted by molar-refractivity contribution is -0.152. The monoisotopic (exact) mass is 480 g/mol. The van der Waals surface area contributed by atoms with Gasteiger partial charge in [-0.15, -0.1) is 0 Å². The van der Waals surface area contributed by atoms with Crippen molar-refractivity contribution in [3.63, 3.8) is 0 Å². The van der Waals surface area contributed by atoms with Crippen molar-refractivity contribution >= 4 is 18.0 Å². The number of amides is 2. The zero-order chi connectivity index (χ0) is 26.0. The molecule has 0 atom stereocenters. The number of hydrogen-bond acceptors (Lipinski definition) is 4. The molecule has 0 aromatic heterocycles. The molecule has 2 aromatic rings. The Labute approximate surface area is 207 Å². The first-order valence-electron chi connectivity index (χ1n) is 12.1. The summed E-state index contributed by atoms with van der Waals surface area (Å²) in [4.78, 5) is 38.0. The first kappa shape index (κ1) is 26.3.